The summed E-state index contributed by atoms with van der Waals surface area (Å²) in [4.78, 5) is 0. The summed E-state index contributed by atoms with van der Waals surface area (Å²) in [5.41, 5.74) is 2.40. The van der Waals surface area contributed by atoms with E-state index in [0.717, 1.165) is 6.42 Å². The van der Waals surface area contributed by atoms with Crippen molar-refractivity contribution in [2.45, 2.75) is 25.2 Å². The maximum atomic E-state index is 5.92. The van der Waals surface area contributed by atoms with E-state index in [4.69, 9.17) is 9.47 Å². The van der Waals surface area contributed by atoms with E-state index < -0.39 is 0 Å². The Morgan fingerprint density at radius 3 is 2.68 bits per heavy atom. The molecule has 1 aliphatic carbocycles. The lowest BCUT2D eigenvalue weighted by atomic mass is 10.00. The summed E-state index contributed by atoms with van der Waals surface area (Å²) in [5, 5.41) is 0. The van der Waals surface area contributed by atoms with Gasteiger partial charge in [-0.1, -0.05) is 48.6 Å². The Balaban J connectivity index is 1.94. The summed E-state index contributed by atoms with van der Waals surface area (Å²) in [6, 6.07) is 10.2. The Hall–Kier alpha value is -1.64. The zero-order valence-corrected chi connectivity index (χ0v) is 11.3. The third kappa shape index (κ3) is 3.91. The van der Waals surface area contributed by atoms with E-state index >= 15 is 0 Å². The van der Waals surface area contributed by atoms with E-state index in [1.54, 1.807) is 7.11 Å². The fourth-order valence-electron chi connectivity index (χ4n) is 2.11. The van der Waals surface area contributed by atoms with Crippen molar-refractivity contribution < 1.29 is 9.47 Å². The highest BCUT2D eigenvalue weighted by Gasteiger charge is 2.20. The number of hydrogen-bond acceptors (Lipinski definition) is 2. The molecule has 0 aliphatic heterocycles. The van der Waals surface area contributed by atoms with Crippen molar-refractivity contribution in [3.63, 3.8) is 0 Å². The second kappa shape index (κ2) is 7.07. The lowest BCUT2D eigenvalue weighted by molar-refractivity contribution is -0.0190. The molecule has 0 bridgehead atoms. The van der Waals surface area contributed by atoms with Crippen LogP contribution in [0.2, 0.25) is 0 Å². The van der Waals surface area contributed by atoms with Crippen molar-refractivity contribution in [2.24, 2.45) is 0 Å². The predicted molar refractivity (Wildman–Crippen MR) is 77.9 cm³/mol. The molecule has 100 valence electrons. The molecular weight excluding hydrogens is 236 g/mol. The average molecular weight is 256 g/mol. The average Bonchev–Trinajstić information content (AvgIpc) is 2.47. The summed E-state index contributed by atoms with van der Waals surface area (Å²) < 4.78 is 11.4. The van der Waals surface area contributed by atoms with Gasteiger partial charge in [-0.3, -0.25) is 0 Å². The Morgan fingerprint density at radius 2 is 2.00 bits per heavy atom. The van der Waals surface area contributed by atoms with E-state index in [1.165, 1.54) is 11.1 Å². The minimum absolute atomic E-state index is 0.0244. The Morgan fingerprint density at radius 1 is 1.21 bits per heavy atom. The van der Waals surface area contributed by atoms with Crippen LogP contribution >= 0.6 is 0 Å². The highest BCUT2D eigenvalue weighted by atomic mass is 16.5. The minimum Gasteiger partial charge on any atom is -0.374 e. The van der Waals surface area contributed by atoms with Crippen LogP contribution in [0.4, 0.5) is 0 Å². The lowest BCUT2D eigenvalue weighted by Gasteiger charge is -2.25. The first-order valence-corrected chi connectivity index (χ1v) is 6.51. The molecule has 0 radical (unpaired) electrons. The van der Waals surface area contributed by atoms with Gasteiger partial charge >= 0.3 is 0 Å². The highest BCUT2D eigenvalue weighted by Crippen LogP contribution is 2.20. The van der Waals surface area contributed by atoms with Gasteiger partial charge < -0.3 is 9.47 Å². The van der Waals surface area contributed by atoms with Gasteiger partial charge in [-0.25, -0.2) is 0 Å². The molecule has 0 heterocycles. The monoisotopic (exact) mass is 256 g/mol. The fourth-order valence-corrected chi connectivity index (χ4v) is 2.11. The van der Waals surface area contributed by atoms with Gasteiger partial charge in [0.25, 0.3) is 0 Å². The first-order valence-electron chi connectivity index (χ1n) is 6.51. The summed E-state index contributed by atoms with van der Waals surface area (Å²) >= 11 is 0. The van der Waals surface area contributed by atoms with Crippen LogP contribution in [0.25, 0.3) is 0 Å². The maximum absolute atomic E-state index is 5.92. The fraction of sp³-hybridized carbons (Fsp3) is 0.294. The molecule has 2 rings (SSSR count). The van der Waals surface area contributed by atoms with Crippen molar-refractivity contribution in [1.29, 1.82) is 0 Å². The van der Waals surface area contributed by atoms with Gasteiger partial charge in [-0.2, -0.15) is 0 Å². The van der Waals surface area contributed by atoms with Gasteiger partial charge in [0.2, 0.25) is 0 Å². The number of benzene rings is 1. The Bertz CT molecular complexity index is 459. The van der Waals surface area contributed by atoms with Crippen LogP contribution in [-0.4, -0.2) is 19.3 Å². The molecule has 19 heavy (non-hydrogen) atoms. The summed E-state index contributed by atoms with van der Waals surface area (Å²) in [5.74, 6) is 0. The second-order valence-electron chi connectivity index (χ2n) is 4.56. The smallest absolute Gasteiger partial charge is 0.106 e. The van der Waals surface area contributed by atoms with Crippen LogP contribution in [-0.2, 0) is 16.1 Å². The van der Waals surface area contributed by atoms with Crippen molar-refractivity contribution >= 4 is 0 Å². The van der Waals surface area contributed by atoms with Gasteiger partial charge in [-0.15, -0.1) is 6.58 Å². The van der Waals surface area contributed by atoms with Gasteiger partial charge in [0, 0.05) is 7.11 Å². The largest absolute Gasteiger partial charge is 0.374 e. The van der Waals surface area contributed by atoms with Crippen molar-refractivity contribution in [3.8, 4) is 0 Å². The minimum atomic E-state index is -0.0289. The SMILES string of the molecule is C=CCC1=CC(OC)C(OCc2ccccc2)C=C1. The molecular formula is C17H20O2. The van der Waals surface area contributed by atoms with E-state index in [1.807, 2.05) is 24.3 Å². The summed E-state index contributed by atoms with van der Waals surface area (Å²) in [6.07, 6.45) is 8.97. The van der Waals surface area contributed by atoms with Gasteiger partial charge in [0.05, 0.1) is 6.61 Å². The third-order valence-corrected chi connectivity index (χ3v) is 3.14. The molecule has 0 N–H and O–H groups in total. The van der Waals surface area contributed by atoms with Gasteiger partial charge in [0.1, 0.15) is 12.2 Å². The quantitative estimate of drug-likeness (QED) is 0.723. The van der Waals surface area contributed by atoms with Crippen molar-refractivity contribution in [1.82, 2.24) is 0 Å². The molecule has 0 aromatic heterocycles. The zero-order valence-electron chi connectivity index (χ0n) is 11.3. The number of rotatable bonds is 6. The van der Waals surface area contributed by atoms with Gasteiger partial charge in [0.15, 0.2) is 0 Å². The first-order chi connectivity index (χ1) is 9.33. The molecule has 2 heteroatoms. The molecule has 2 atom stereocenters. The summed E-state index contributed by atoms with van der Waals surface area (Å²) in [6.45, 7) is 4.35. The van der Waals surface area contributed by atoms with Crippen LogP contribution < -0.4 is 0 Å². The van der Waals surface area contributed by atoms with E-state index in [2.05, 4.69) is 36.9 Å². The number of ether oxygens (including phenoxy) is 2. The van der Waals surface area contributed by atoms with Crippen LogP contribution in [0.1, 0.15) is 12.0 Å². The highest BCUT2D eigenvalue weighted by molar-refractivity contribution is 5.29. The molecule has 1 aliphatic rings. The van der Waals surface area contributed by atoms with Crippen molar-refractivity contribution in [3.05, 3.63) is 72.4 Å². The van der Waals surface area contributed by atoms with Crippen LogP contribution in [0, 0.1) is 0 Å². The molecule has 0 amide bonds. The first kappa shape index (κ1) is 13.8. The molecule has 2 unspecified atom stereocenters. The normalized spacial score (nSPS) is 22.1. The molecule has 0 spiro atoms. The second-order valence-corrected chi connectivity index (χ2v) is 4.56. The predicted octanol–water partition coefficient (Wildman–Crippen LogP) is 3.66. The lowest BCUT2D eigenvalue weighted by Crippen LogP contribution is -2.29. The summed E-state index contributed by atoms with van der Waals surface area (Å²) in [7, 11) is 1.71. The number of methoxy groups -OCH3 is 1. The van der Waals surface area contributed by atoms with Crippen LogP contribution in [0.3, 0.4) is 0 Å². The van der Waals surface area contributed by atoms with E-state index in [0.29, 0.717) is 6.61 Å². The van der Waals surface area contributed by atoms with Crippen LogP contribution in [0.5, 0.6) is 0 Å². The third-order valence-electron chi connectivity index (χ3n) is 3.14. The molecule has 0 saturated carbocycles. The molecule has 2 nitrogen and oxygen atoms in total. The maximum Gasteiger partial charge on any atom is 0.106 e. The van der Waals surface area contributed by atoms with Gasteiger partial charge in [-0.05, 0) is 23.6 Å². The molecule has 1 aromatic carbocycles. The van der Waals surface area contributed by atoms with Crippen molar-refractivity contribution in [2.75, 3.05) is 7.11 Å². The zero-order chi connectivity index (χ0) is 13.5. The number of hydrogen-bond donors (Lipinski definition) is 0. The van der Waals surface area contributed by atoms with Crippen LogP contribution in [0.15, 0.2) is 66.8 Å². The topological polar surface area (TPSA) is 18.5 Å². The van der Waals surface area contributed by atoms with E-state index in [-0.39, 0.29) is 12.2 Å². The van der Waals surface area contributed by atoms with E-state index in [9.17, 15) is 0 Å². The molecule has 0 saturated heterocycles. The Kier molecular flexibility index (Phi) is 5.13. The standard InChI is InChI=1S/C17H20O2/c1-3-7-14-10-11-16(17(12-14)18-2)19-13-15-8-5-4-6-9-15/h3-6,8-12,16-17H,1,7,13H2,2H3. The Labute approximate surface area is 115 Å². The number of allylic oxidation sites excluding steroid dienone is 3. The molecule has 1 aromatic rings. The molecule has 0 fully saturated rings.